The molecule has 0 saturated carbocycles. The Hall–Kier alpha value is -2.38. The smallest absolute Gasteiger partial charge is 0.744 e. The van der Waals surface area contributed by atoms with Gasteiger partial charge in [0.2, 0.25) is 5.69 Å². The largest absolute Gasteiger partial charge is 1.00 e. The van der Waals surface area contributed by atoms with Crippen molar-refractivity contribution in [2.75, 3.05) is 24.6 Å². The van der Waals surface area contributed by atoms with Crippen molar-refractivity contribution in [2.24, 2.45) is 0 Å². The molecular weight excluding hydrogens is 596 g/mol. The Labute approximate surface area is 295 Å². The number of hydrogen-bond acceptors (Lipinski definition) is 7. The first-order valence-electron chi connectivity index (χ1n) is 13.7. The fraction of sp³-hybridized carbons (Fsp3) is 0.344. The molecular formula is C32H36KN2O7S+. The maximum absolute atomic E-state index is 11.7. The van der Waals surface area contributed by atoms with Gasteiger partial charge in [-0.2, -0.15) is 4.58 Å². The van der Waals surface area contributed by atoms with E-state index >= 15 is 0 Å². The number of aryl methyl sites for hydroxylation is 1. The molecule has 222 valence electrons. The van der Waals surface area contributed by atoms with Crippen molar-refractivity contribution in [1.29, 1.82) is 0 Å². The number of nitrogens with zero attached hydrogens (tertiary/aromatic N) is 2. The molecule has 0 radical (unpaired) electrons. The van der Waals surface area contributed by atoms with Crippen molar-refractivity contribution in [2.45, 2.75) is 56.8 Å². The van der Waals surface area contributed by atoms with Crippen LogP contribution in [0.4, 0.5) is 11.4 Å². The maximum atomic E-state index is 11.7. The van der Waals surface area contributed by atoms with Gasteiger partial charge in [0.05, 0.1) is 16.9 Å². The number of ether oxygens (including phenoxy) is 1. The zero-order valence-electron chi connectivity index (χ0n) is 25.5. The van der Waals surface area contributed by atoms with E-state index in [0.717, 1.165) is 22.7 Å². The molecule has 2 heterocycles. The second-order valence-electron chi connectivity index (χ2n) is 11.5. The maximum Gasteiger partial charge on any atom is 1.00 e. The number of rotatable bonds is 11. The SMILES string of the molecule is Cc1ccc2c(c1)C(C)(C)\C(=C/C=C/C=C/C1=[N+](CCC(=O)O)c3ccc(S(=O)(=O)[O-])cc3C1(C)C)N2CCOC=O.[K+]. The van der Waals surface area contributed by atoms with E-state index in [-0.39, 0.29) is 81.3 Å². The van der Waals surface area contributed by atoms with Crippen molar-refractivity contribution < 1.29 is 88.4 Å². The summed E-state index contributed by atoms with van der Waals surface area (Å²) in [6.07, 6.45) is 9.47. The second kappa shape index (κ2) is 13.7. The summed E-state index contributed by atoms with van der Waals surface area (Å²) in [5.74, 6) is -0.951. The van der Waals surface area contributed by atoms with E-state index in [1.165, 1.54) is 17.7 Å². The van der Waals surface area contributed by atoms with Crippen molar-refractivity contribution >= 4 is 39.6 Å². The van der Waals surface area contributed by atoms with Gasteiger partial charge < -0.3 is 19.3 Å². The van der Waals surface area contributed by atoms with Crippen LogP contribution < -0.4 is 56.3 Å². The summed E-state index contributed by atoms with van der Waals surface area (Å²) in [5.41, 5.74) is 5.62. The molecule has 1 N–H and O–H groups in total. The molecule has 0 aliphatic carbocycles. The number of carboxylic acid groups (broad SMARTS) is 1. The van der Waals surface area contributed by atoms with Gasteiger partial charge in [-0.15, -0.1) is 0 Å². The molecule has 0 bridgehead atoms. The van der Waals surface area contributed by atoms with Gasteiger partial charge in [0.15, 0.2) is 12.3 Å². The van der Waals surface area contributed by atoms with Crippen molar-refractivity contribution in [3.05, 3.63) is 89.2 Å². The Morgan fingerprint density at radius 3 is 2.42 bits per heavy atom. The van der Waals surface area contributed by atoms with E-state index in [1.54, 1.807) is 6.07 Å². The van der Waals surface area contributed by atoms with Gasteiger partial charge in [-0.1, -0.05) is 49.8 Å². The molecule has 0 spiro atoms. The molecule has 0 aromatic heterocycles. The van der Waals surface area contributed by atoms with Crippen LogP contribution in [0.3, 0.4) is 0 Å². The van der Waals surface area contributed by atoms with Crippen LogP contribution >= 0.6 is 0 Å². The average Bonchev–Trinajstić information content (AvgIpc) is 3.25. The van der Waals surface area contributed by atoms with Crippen LogP contribution in [0.15, 0.2) is 77.4 Å². The van der Waals surface area contributed by atoms with Crippen molar-refractivity contribution in [3.8, 4) is 0 Å². The van der Waals surface area contributed by atoms with Gasteiger partial charge in [-0.3, -0.25) is 9.59 Å². The zero-order valence-corrected chi connectivity index (χ0v) is 29.4. The number of carboxylic acids is 1. The third-order valence-corrected chi connectivity index (χ3v) is 8.81. The molecule has 2 aromatic carbocycles. The van der Waals surface area contributed by atoms with Gasteiger partial charge in [0.1, 0.15) is 23.1 Å². The van der Waals surface area contributed by atoms with Gasteiger partial charge in [0.25, 0.3) is 6.47 Å². The van der Waals surface area contributed by atoms with Crippen molar-refractivity contribution in [1.82, 2.24) is 0 Å². The number of carbonyl (C=O) groups excluding carboxylic acids is 1. The van der Waals surface area contributed by atoms with Crippen LogP contribution in [0.25, 0.3) is 0 Å². The number of aliphatic carboxylic acids is 1. The molecule has 11 heteroatoms. The number of anilines is 1. The topological polar surface area (TPSA) is 127 Å². The van der Waals surface area contributed by atoms with Gasteiger partial charge >= 0.3 is 57.4 Å². The zero-order chi connectivity index (χ0) is 30.9. The van der Waals surface area contributed by atoms with Crippen LogP contribution in [-0.4, -0.2) is 60.5 Å². The molecule has 0 saturated heterocycles. The monoisotopic (exact) mass is 631 g/mol. The van der Waals surface area contributed by atoms with E-state index in [1.807, 2.05) is 48.8 Å². The molecule has 4 rings (SSSR count). The molecule has 43 heavy (non-hydrogen) atoms. The van der Waals surface area contributed by atoms with E-state index in [9.17, 15) is 27.7 Å². The van der Waals surface area contributed by atoms with Crippen LogP contribution in [0.1, 0.15) is 50.8 Å². The minimum Gasteiger partial charge on any atom is -0.744 e. The van der Waals surface area contributed by atoms with E-state index < -0.39 is 21.5 Å². The van der Waals surface area contributed by atoms with Gasteiger partial charge in [-0.25, -0.2) is 8.42 Å². The molecule has 2 aromatic rings. The third-order valence-electron chi connectivity index (χ3n) is 7.98. The van der Waals surface area contributed by atoms with Crippen LogP contribution in [0.2, 0.25) is 0 Å². The summed E-state index contributed by atoms with van der Waals surface area (Å²) in [6, 6.07) is 10.5. The predicted octanol–water partition coefficient (Wildman–Crippen LogP) is 1.72. The van der Waals surface area contributed by atoms with Crippen LogP contribution in [0.5, 0.6) is 0 Å². The first-order valence-corrected chi connectivity index (χ1v) is 15.1. The summed E-state index contributed by atoms with van der Waals surface area (Å²) in [7, 11) is -4.65. The normalized spacial score (nSPS) is 17.8. The van der Waals surface area contributed by atoms with E-state index in [4.69, 9.17) is 4.74 Å². The number of fused-ring (bicyclic) bond motifs is 2. The summed E-state index contributed by atoms with van der Waals surface area (Å²) >= 11 is 0. The Kier molecular flexibility index (Phi) is 11.2. The molecule has 0 fully saturated rings. The molecule has 0 atom stereocenters. The van der Waals surface area contributed by atoms with E-state index in [0.29, 0.717) is 24.3 Å². The van der Waals surface area contributed by atoms with Gasteiger partial charge in [0, 0.05) is 34.5 Å². The fourth-order valence-corrected chi connectivity index (χ4v) is 6.34. The summed E-state index contributed by atoms with van der Waals surface area (Å²) < 4.78 is 42.0. The Bertz CT molecular complexity index is 1650. The number of benzene rings is 2. The van der Waals surface area contributed by atoms with E-state index in [2.05, 4.69) is 43.9 Å². The van der Waals surface area contributed by atoms with Crippen LogP contribution in [-0.2, 0) is 35.3 Å². The standard InChI is InChI=1S/C32H36N2O7S.K/c1-22-11-13-26-24(19-22)31(2,3)29(34(26)17-18-41-21-35)10-8-6-7-9-28-32(4,5)25-20-23(42(38,39)40)12-14-27(25)33(28)16-15-30(36)37;/h6-14,19-21H,15-18H2,1-5H3,(H-,36,37,38,39,40);/q;+1. The Morgan fingerprint density at radius 1 is 1.05 bits per heavy atom. The summed E-state index contributed by atoms with van der Waals surface area (Å²) in [5, 5.41) is 9.33. The first-order chi connectivity index (χ1) is 19.7. The van der Waals surface area contributed by atoms with Crippen molar-refractivity contribution in [3.63, 3.8) is 0 Å². The number of allylic oxidation sites excluding steroid dienone is 6. The number of hydrogen-bond donors (Lipinski definition) is 1. The third kappa shape index (κ3) is 7.30. The summed E-state index contributed by atoms with van der Waals surface area (Å²) in [4.78, 5) is 24.0. The minimum atomic E-state index is -4.65. The predicted molar refractivity (Wildman–Crippen MR) is 159 cm³/mol. The minimum absolute atomic E-state index is 0. The first kappa shape index (κ1) is 35.1. The fourth-order valence-electron chi connectivity index (χ4n) is 5.84. The summed E-state index contributed by atoms with van der Waals surface area (Å²) in [6.45, 7) is 11.6. The Morgan fingerprint density at radius 2 is 1.77 bits per heavy atom. The molecule has 2 aliphatic rings. The molecule has 0 amide bonds. The Balaban J connectivity index is 0.00000506. The molecule has 2 aliphatic heterocycles. The second-order valence-corrected chi connectivity index (χ2v) is 12.9. The number of carbonyl (C=O) groups is 2. The molecule has 0 unspecified atom stereocenters. The average molecular weight is 632 g/mol. The quantitative estimate of drug-likeness (QED) is 0.0993. The molecule has 9 nitrogen and oxygen atoms in total. The van der Waals surface area contributed by atoms with Crippen LogP contribution in [0, 0.1) is 6.92 Å². The van der Waals surface area contributed by atoms with Gasteiger partial charge in [-0.05, 0) is 50.6 Å².